The van der Waals surface area contributed by atoms with Crippen molar-refractivity contribution in [3.8, 4) is 0 Å². The molecule has 0 aromatic rings. The molecule has 0 atom stereocenters. The van der Waals surface area contributed by atoms with Gasteiger partial charge in [0.05, 0.1) is 0 Å². The third kappa shape index (κ3) is 150. The summed E-state index contributed by atoms with van der Waals surface area (Å²) in [4.78, 5) is 0. The molecule has 26 valence electrons. The van der Waals surface area contributed by atoms with Crippen LogP contribution in [-0.2, 0) is 8.27 Å². The van der Waals surface area contributed by atoms with E-state index in [0.717, 1.165) is 0 Å². The van der Waals surface area contributed by atoms with Crippen LogP contribution in [0.1, 0.15) is 0 Å². The molecule has 0 heterocycles. The topological polar surface area (TPSA) is 34.1 Å². The summed E-state index contributed by atoms with van der Waals surface area (Å²) in [6.45, 7) is 0. The third-order valence-corrected chi connectivity index (χ3v) is 0. The molecule has 0 aliphatic rings. The monoisotopic (exact) mass is 102 g/mol. The Hall–Kier alpha value is 0.414. The van der Waals surface area contributed by atoms with Crippen LogP contribution in [0.4, 0.5) is 0 Å². The molecular formula is H4AlBO2Si. The quantitative estimate of drug-likeness (QED) is 0.318. The first-order valence-electron chi connectivity index (χ1n) is 1.10. The Labute approximate surface area is 41.8 Å². The number of rotatable bonds is 0. The van der Waals surface area contributed by atoms with E-state index >= 15 is 0 Å². The van der Waals surface area contributed by atoms with Crippen LogP contribution in [0.25, 0.3) is 0 Å². The first-order valence-corrected chi connectivity index (χ1v) is 3.31. The third-order valence-electron chi connectivity index (χ3n) is 0. The van der Waals surface area contributed by atoms with Gasteiger partial charge in [-0.15, -0.1) is 0 Å². The second kappa shape index (κ2) is 25.7. The summed E-state index contributed by atoms with van der Waals surface area (Å²) in [7, 11) is 1.15. The molecule has 0 aromatic heterocycles. The molecule has 0 rings (SSSR count). The Balaban J connectivity index is 0. The van der Waals surface area contributed by atoms with E-state index in [9.17, 15) is 0 Å². The van der Waals surface area contributed by atoms with Crippen LogP contribution in [0.15, 0.2) is 0 Å². The van der Waals surface area contributed by atoms with E-state index in [0.29, 0.717) is 16.2 Å². The Morgan fingerprint density at radius 3 is 1.60 bits per heavy atom. The Bertz CT molecular complexity index is 23.6. The summed E-state index contributed by atoms with van der Waals surface area (Å²) in [5, 5.41) is 0. The van der Waals surface area contributed by atoms with Crippen molar-refractivity contribution in [3.05, 3.63) is 0 Å². The van der Waals surface area contributed by atoms with E-state index in [2.05, 4.69) is 0 Å². The summed E-state index contributed by atoms with van der Waals surface area (Å²) in [6, 6.07) is 0. The predicted molar refractivity (Wildman–Crippen MR) is 24.2 cm³/mol. The minimum atomic E-state index is -0.500. The van der Waals surface area contributed by atoms with Crippen LogP contribution in [0, 0.1) is 0 Å². The average Bonchev–Trinajstić information content (AvgIpc) is 1.46. The van der Waals surface area contributed by atoms with Gasteiger partial charge in [-0.2, -0.15) is 0 Å². The van der Waals surface area contributed by atoms with Crippen LogP contribution in [0.2, 0.25) is 0 Å². The zero-order chi connectivity index (χ0) is 4.71. The van der Waals surface area contributed by atoms with Crippen LogP contribution < -0.4 is 0 Å². The Morgan fingerprint density at radius 1 is 1.60 bits per heavy atom. The summed E-state index contributed by atoms with van der Waals surface area (Å²) in [6.07, 6.45) is 0. The van der Waals surface area contributed by atoms with Crippen molar-refractivity contribution in [1.82, 2.24) is 0 Å². The number of hydrogen-bond donors (Lipinski definition) is 0. The molecule has 0 fully saturated rings. The van der Waals surface area contributed by atoms with Gasteiger partial charge in [-0.1, -0.05) is 0 Å². The molecule has 0 aliphatic carbocycles. The van der Waals surface area contributed by atoms with Gasteiger partial charge in [0.1, 0.15) is 0 Å². The van der Waals surface area contributed by atoms with E-state index in [1.54, 1.807) is 7.44 Å². The van der Waals surface area contributed by atoms with E-state index in [1.165, 1.54) is 0 Å². The van der Waals surface area contributed by atoms with Gasteiger partial charge in [0.25, 0.3) is 0 Å². The van der Waals surface area contributed by atoms with Gasteiger partial charge in [0.15, 0.2) is 7.44 Å². The van der Waals surface area contributed by atoms with Crippen LogP contribution in [0.3, 0.4) is 0 Å². The standard InChI is InChI=1S/Al.BH3OSi.O.H/c;1-3-2;;/h;3H,1H2;;. The summed E-state index contributed by atoms with van der Waals surface area (Å²) in [5.74, 6) is 0. The van der Waals surface area contributed by atoms with Gasteiger partial charge in [-0.25, -0.2) is 0 Å². The molecule has 0 unspecified atom stereocenters. The zero-order valence-electron chi connectivity index (χ0n) is 3.10. The molecule has 0 amide bonds. The van der Waals surface area contributed by atoms with Crippen molar-refractivity contribution >= 4 is 32.9 Å². The van der Waals surface area contributed by atoms with Gasteiger partial charge in [-0.3, -0.25) is 0 Å². The van der Waals surface area contributed by atoms with Crippen molar-refractivity contribution in [1.29, 1.82) is 0 Å². The molecular weight excluding hydrogens is 97.9 g/mol. The van der Waals surface area contributed by atoms with Gasteiger partial charge in [-0.05, 0) is 0 Å². The van der Waals surface area contributed by atoms with Crippen molar-refractivity contribution in [2.75, 3.05) is 0 Å². The Morgan fingerprint density at radius 2 is 1.60 bits per heavy atom. The maximum atomic E-state index is 9.01. The number of hydrogen-bond acceptors (Lipinski definition) is 2. The molecule has 0 bridgehead atoms. The molecule has 0 aliphatic heterocycles. The first-order chi connectivity index (χ1) is 2.41. The minimum absolute atomic E-state index is 0.500. The van der Waals surface area contributed by atoms with E-state index < -0.39 is 9.28 Å². The predicted octanol–water partition coefficient (Wildman–Crippen LogP) is -2.45. The van der Waals surface area contributed by atoms with Crippen LogP contribution in [-0.4, -0.2) is 32.9 Å². The van der Waals surface area contributed by atoms with Crippen molar-refractivity contribution in [2.45, 2.75) is 0 Å². The maximum absolute atomic E-state index is 9.01. The van der Waals surface area contributed by atoms with Gasteiger partial charge in [0.2, 0.25) is 9.28 Å². The van der Waals surface area contributed by atoms with Crippen LogP contribution >= 0.6 is 0 Å². The molecule has 2 nitrogen and oxygen atoms in total. The molecule has 5 heteroatoms. The van der Waals surface area contributed by atoms with Gasteiger partial charge >= 0.3 is 20.0 Å². The summed E-state index contributed by atoms with van der Waals surface area (Å²) >= 11 is 0.611. The first kappa shape index (κ1) is 9.05. The molecule has 5 heavy (non-hydrogen) atoms. The van der Waals surface area contributed by atoms with Crippen molar-refractivity contribution in [2.24, 2.45) is 0 Å². The van der Waals surface area contributed by atoms with E-state index in [-0.39, 0.29) is 0 Å². The fraction of sp³-hybridized carbons (Fsp3) is 0. The fourth-order valence-electron chi connectivity index (χ4n) is 0. The normalized spacial score (nSPS) is 3.00. The molecule has 0 N–H and O–H groups in total. The zero-order valence-corrected chi connectivity index (χ0v) is 5.67. The van der Waals surface area contributed by atoms with Crippen LogP contribution in [0.5, 0.6) is 0 Å². The summed E-state index contributed by atoms with van der Waals surface area (Å²) in [5.41, 5.74) is 0. The average molecular weight is 102 g/mol. The van der Waals surface area contributed by atoms with Gasteiger partial charge < -0.3 is 4.46 Å². The molecule has 0 saturated carbocycles. The fourth-order valence-corrected chi connectivity index (χ4v) is 0. The second-order valence-electron chi connectivity index (χ2n) is 0.236. The molecule has 0 saturated heterocycles. The van der Waals surface area contributed by atoms with Crippen molar-refractivity contribution < 1.29 is 8.27 Å². The molecule has 0 spiro atoms. The molecule has 0 aromatic carbocycles. The molecule has 0 radical (unpaired) electrons. The van der Waals surface area contributed by atoms with E-state index in [1.807, 2.05) is 0 Å². The van der Waals surface area contributed by atoms with E-state index in [4.69, 9.17) is 8.27 Å². The van der Waals surface area contributed by atoms with Crippen molar-refractivity contribution in [3.63, 3.8) is 0 Å². The SMILES string of the molecule is B[SiH]=O.[O]=[AlH]. The second-order valence-corrected chi connectivity index (χ2v) is 0.707. The Kier molecular flexibility index (Phi) is 46.6. The van der Waals surface area contributed by atoms with Gasteiger partial charge in [0, 0.05) is 0 Å². The summed E-state index contributed by atoms with van der Waals surface area (Å²) < 4.78 is 17.3.